The summed E-state index contributed by atoms with van der Waals surface area (Å²) in [5.74, 6) is -1.17. The molecular formula is C25H27ClN4O4S. The predicted octanol–water partition coefficient (Wildman–Crippen LogP) is 3.38. The Labute approximate surface area is 213 Å². The highest BCUT2D eigenvalue weighted by atomic mass is 35.5. The molecule has 5 rings (SSSR count). The second-order valence-electron chi connectivity index (χ2n) is 8.51. The van der Waals surface area contributed by atoms with Crippen LogP contribution in [0.4, 0.5) is 5.13 Å². The molecule has 10 heteroatoms. The number of aryl methyl sites for hydroxylation is 1. The molecule has 0 N–H and O–H groups in total. The third-order valence-corrected chi connectivity index (χ3v) is 7.32. The van der Waals surface area contributed by atoms with Crippen LogP contribution in [0.15, 0.2) is 42.5 Å². The van der Waals surface area contributed by atoms with Crippen molar-refractivity contribution in [3.8, 4) is 0 Å². The number of hydrogen-bond donors (Lipinski definition) is 0. The van der Waals surface area contributed by atoms with Crippen LogP contribution in [0.1, 0.15) is 32.7 Å². The molecule has 0 atom stereocenters. The van der Waals surface area contributed by atoms with Gasteiger partial charge in [0.25, 0.3) is 11.8 Å². The normalized spacial score (nSPS) is 15.9. The quantitative estimate of drug-likeness (QED) is 0.449. The van der Waals surface area contributed by atoms with Crippen LogP contribution in [-0.2, 0) is 9.53 Å². The minimum atomic E-state index is -0.428. The van der Waals surface area contributed by atoms with Crippen LogP contribution in [0.25, 0.3) is 10.2 Å². The molecule has 0 bridgehead atoms. The molecule has 2 aliphatic rings. The number of carbonyl (C=O) groups excluding carboxylic acids is 3. The summed E-state index contributed by atoms with van der Waals surface area (Å²) in [6.45, 7) is 6.18. The Kier molecular flexibility index (Phi) is 7.81. The first kappa shape index (κ1) is 25.2. The number of halogens is 1. The van der Waals surface area contributed by atoms with E-state index in [4.69, 9.17) is 9.72 Å². The number of ether oxygens (including phenoxy) is 1. The van der Waals surface area contributed by atoms with Gasteiger partial charge < -0.3 is 4.74 Å². The van der Waals surface area contributed by atoms with Gasteiger partial charge in [0.1, 0.15) is 6.54 Å². The number of thiazole rings is 1. The number of nitrogens with zero attached hydrogens (tertiary/aromatic N) is 4. The molecule has 3 amide bonds. The molecular weight excluding hydrogens is 488 g/mol. The zero-order chi connectivity index (χ0) is 23.7. The number of hydrogen-bond acceptors (Lipinski definition) is 7. The lowest BCUT2D eigenvalue weighted by Gasteiger charge is -2.28. The van der Waals surface area contributed by atoms with Crippen molar-refractivity contribution >= 4 is 56.8 Å². The number of carbonyl (C=O) groups is 3. The Balaban J connectivity index is 0.00000289. The Hall–Kier alpha value is -2.85. The standard InChI is InChI=1S/C25H26N4O4S.ClH/c1-17-6-4-9-20-22(17)26-25(34-20)28(11-5-10-27-12-14-33-15-13-27)21(30)16-29-23(31)18-7-2-3-8-19(18)24(29)32;/h2-4,6-9H,5,10-16H2,1H3;1H. The fourth-order valence-corrected chi connectivity index (χ4v) is 5.48. The van der Waals surface area contributed by atoms with Gasteiger partial charge in [0.05, 0.1) is 34.6 Å². The molecule has 3 aromatic rings. The summed E-state index contributed by atoms with van der Waals surface area (Å²) in [6, 6.07) is 12.6. The number of benzene rings is 2. The highest BCUT2D eigenvalue weighted by molar-refractivity contribution is 7.22. The first-order chi connectivity index (χ1) is 16.5. The van der Waals surface area contributed by atoms with Gasteiger partial charge in [0.2, 0.25) is 5.91 Å². The number of imide groups is 1. The SMILES string of the molecule is Cc1cccc2sc(N(CCCN3CCOCC3)C(=O)CN3C(=O)c4ccccc4C3=O)nc12.Cl. The first-order valence-corrected chi connectivity index (χ1v) is 12.3. The second-order valence-corrected chi connectivity index (χ2v) is 9.52. The van der Waals surface area contributed by atoms with E-state index < -0.39 is 11.8 Å². The van der Waals surface area contributed by atoms with Gasteiger partial charge in [-0.25, -0.2) is 4.98 Å². The van der Waals surface area contributed by atoms with E-state index in [1.165, 1.54) is 11.3 Å². The number of rotatable bonds is 7. The molecule has 1 aromatic heterocycles. The van der Waals surface area contributed by atoms with Crippen LogP contribution < -0.4 is 4.90 Å². The van der Waals surface area contributed by atoms with Crippen LogP contribution in [0.2, 0.25) is 0 Å². The minimum absolute atomic E-state index is 0. The first-order valence-electron chi connectivity index (χ1n) is 11.4. The van der Waals surface area contributed by atoms with E-state index in [-0.39, 0.29) is 24.9 Å². The number of amides is 3. The minimum Gasteiger partial charge on any atom is -0.379 e. The molecule has 0 spiro atoms. The van der Waals surface area contributed by atoms with Gasteiger partial charge >= 0.3 is 0 Å². The highest BCUT2D eigenvalue weighted by Crippen LogP contribution is 2.31. The van der Waals surface area contributed by atoms with Crippen LogP contribution in [0.3, 0.4) is 0 Å². The van der Waals surface area contributed by atoms with Crippen LogP contribution in [-0.4, -0.2) is 78.4 Å². The van der Waals surface area contributed by atoms with Crippen molar-refractivity contribution < 1.29 is 19.1 Å². The molecule has 1 saturated heterocycles. The fourth-order valence-electron chi connectivity index (χ4n) is 4.40. The number of aromatic nitrogens is 1. The van der Waals surface area contributed by atoms with Crippen molar-refractivity contribution in [2.75, 3.05) is 50.8 Å². The largest absolute Gasteiger partial charge is 0.379 e. The number of fused-ring (bicyclic) bond motifs is 2. The topological polar surface area (TPSA) is 83.0 Å². The summed E-state index contributed by atoms with van der Waals surface area (Å²) in [5, 5.41) is 0.591. The molecule has 35 heavy (non-hydrogen) atoms. The van der Waals surface area contributed by atoms with Crippen molar-refractivity contribution in [1.82, 2.24) is 14.8 Å². The van der Waals surface area contributed by atoms with Gasteiger partial charge in [-0.2, -0.15) is 0 Å². The molecule has 0 saturated carbocycles. The van der Waals surface area contributed by atoms with E-state index in [1.807, 2.05) is 25.1 Å². The van der Waals surface area contributed by atoms with Crippen LogP contribution in [0.5, 0.6) is 0 Å². The van der Waals surface area contributed by atoms with Crippen molar-refractivity contribution in [3.63, 3.8) is 0 Å². The Morgan fingerprint density at radius 2 is 1.74 bits per heavy atom. The summed E-state index contributed by atoms with van der Waals surface area (Å²) in [6.07, 6.45) is 0.753. The van der Waals surface area contributed by atoms with Crippen LogP contribution >= 0.6 is 23.7 Å². The number of anilines is 1. The van der Waals surface area contributed by atoms with E-state index in [0.717, 1.165) is 59.9 Å². The maximum absolute atomic E-state index is 13.5. The average molecular weight is 515 g/mol. The van der Waals surface area contributed by atoms with E-state index in [1.54, 1.807) is 29.2 Å². The number of para-hydroxylation sites is 1. The molecule has 3 heterocycles. The lowest BCUT2D eigenvalue weighted by Crippen LogP contribution is -2.44. The molecule has 2 aliphatic heterocycles. The highest BCUT2D eigenvalue weighted by Gasteiger charge is 2.37. The maximum atomic E-state index is 13.5. The second kappa shape index (κ2) is 10.8. The Bertz CT molecular complexity index is 1220. The summed E-state index contributed by atoms with van der Waals surface area (Å²) >= 11 is 1.45. The summed E-state index contributed by atoms with van der Waals surface area (Å²) in [4.78, 5) is 48.9. The van der Waals surface area contributed by atoms with E-state index in [2.05, 4.69) is 4.90 Å². The molecule has 0 radical (unpaired) electrons. The van der Waals surface area contributed by atoms with E-state index in [9.17, 15) is 14.4 Å². The lowest BCUT2D eigenvalue weighted by atomic mass is 10.1. The monoisotopic (exact) mass is 514 g/mol. The third kappa shape index (κ3) is 5.08. The lowest BCUT2D eigenvalue weighted by molar-refractivity contribution is -0.119. The van der Waals surface area contributed by atoms with E-state index in [0.29, 0.717) is 22.8 Å². The van der Waals surface area contributed by atoms with Crippen LogP contribution in [0, 0.1) is 6.92 Å². The summed E-state index contributed by atoms with van der Waals surface area (Å²) in [7, 11) is 0. The van der Waals surface area contributed by atoms with Crippen molar-refractivity contribution in [1.29, 1.82) is 0 Å². The van der Waals surface area contributed by atoms with E-state index >= 15 is 0 Å². The van der Waals surface area contributed by atoms with Gasteiger partial charge in [-0.05, 0) is 37.1 Å². The molecule has 0 unspecified atom stereocenters. The van der Waals surface area contributed by atoms with Crippen molar-refractivity contribution in [2.45, 2.75) is 13.3 Å². The average Bonchev–Trinajstić information content (AvgIpc) is 3.39. The van der Waals surface area contributed by atoms with Gasteiger partial charge in [-0.1, -0.05) is 35.6 Å². The summed E-state index contributed by atoms with van der Waals surface area (Å²) < 4.78 is 6.42. The van der Waals surface area contributed by atoms with Crippen molar-refractivity contribution in [3.05, 3.63) is 59.2 Å². The Morgan fingerprint density at radius 1 is 1.06 bits per heavy atom. The zero-order valence-electron chi connectivity index (χ0n) is 19.4. The Morgan fingerprint density at radius 3 is 2.40 bits per heavy atom. The fraction of sp³-hybridized carbons (Fsp3) is 0.360. The maximum Gasteiger partial charge on any atom is 0.262 e. The van der Waals surface area contributed by atoms with Gasteiger partial charge in [-0.3, -0.25) is 29.1 Å². The molecule has 8 nitrogen and oxygen atoms in total. The molecule has 1 fully saturated rings. The smallest absolute Gasteiger partial charge is 0.262 e. The summed E-state index contributed by atoms with van der Waals surface area (Å²) in [5.41, 5.74) is 2.60. The number of morpholine rings is 1. The molecule has 0 aliphatic carbocycles. The molecule has 2 aromatic carbocycles. The zero-order valence-corrected chi connectivity index (χ0v) is 21.1. The molecule has 184 valence electrons. The third-order valence-electron chi connectivity index (χ3n) is 6.27. The van der Waals surface area contributed by atoms with Gasteiger partial charge in [0.15, 0.2) is 5.13 Å². The van der Waals surface area contributed by atoms with Crippen molar-refractivity contribution in [2.24, 2.45) is 0 Å². The van der Waals surface area contributed by atoms with Gasteiger partial charge in [-0.15, -0.1) is 12.4 Å². The van der Waals surface area contributed by atoms with Gasteiger partial charge in [0, 0.05) is 26.2 Å². The predicted molar refractivity (Wildman–Crippen MR) is 138 cm³/mol.